The van der Waals surface area contributed by atoms with Crippen LogP contribution in [-0.2, 0) is 20.7 Å². The summed E-state index contributed by atoms with van der Waals surface area (Å²) in [6, 6.07) is 21.5. The van der Waals surface area contributed by atoms with E-state index < -0.39 is 17.8 Å². The molecule has 1 aliphatic carbocycles. The lowest BCUT2D eigenvalue weighted by atomic mass is 10.1. The van der Waals surface area contributed by atoms with E-state index in [1.165, 1.54) is 6.92 Å². The molecule has 0 aromatic heterocycles. The van der Waals surface area contributed by atoms with Gasteiger partial charge in [0.05, 0.1) is 19.3 Å². The van der Waals surface area contributed by atoms with Gasteiger partial charge in [0.1, 0.15) is 23.8 Å². The summed E-state index contributed by atoms with van der Waals surface area (Å²) in [5.74, 6) is -0.0301. The molecule has 208 valence electrons. The molecule has 0 radical (unpaired) electrons. The molecule has 1 aliphatic rings. The van der Waals surface area contributed by atoms with Gasteiger partial charge in [-0.3, -0.25) is 14.4 Å². The molecule has 4 rings (SSSR count). The number of carbonyl (C=O) groups excluding carboxylic acids is 3. The molecular weight excluding hydrogens is 532 g/mol. The van der Waals surface area contributed by atoms with Crippen LogP contribution >= 0.6 is 11.6 Å². The first-order chi connectivity index (χ1) is 19.4. The molecule has 0 aliphatic heterocycles. The van der Waals surface area contributed by atoms with Crippen molar-refractivity contribution in [2.75, 3.05) is 19.8 Å². The molecule has 2 N–H and O–H groups in total. The lowest BCUT2D eigenvalue weighted by Gasteiger charge is -2.12. The predicted octanol–water partition coefficient (Wildman–Crippen LogP) is 4.95. The Bertz CT molecular complexity index is 1330. The van der Waals surface area contributed by atoms with Gasteiger partial charge in [-0.05, 0) is 78.6 Å². The fraction of sp³-hybridized carbons (Fsp3) is 0.258. The van der Waals surface area contributed by atoms with Crippen molar-refractivity contribution in [3.8, 4) is 11.5 Å². The standard InChI is InChI=1S/C31H31ClN2O6/c1-21(35)38-19-17-33-31(37)29(20-23-4-10-27(11-5-23)40-28-14-15-28)34-30(36)24-6-12-26(13-7-24)39-18-16-22-2-8-25(32)9-3-22/h2-13,20,28H,14-19H2,1H3,(H,33,37)(H,34,36)/b29-20-. The minimum atomic E-state index is -0.513. The Labute approximate surface area is 238 Å². The van der Waals surface area contributed by atoms with Gasteiger partial charge in [-0.15, -0.1) is 0 Å². The van der Waals surface area contributed by atoms with E-state index in [2.05, 4.69) is 10.6 Å². The lowest BCUT2D eigenvalue weighted by molar-refractivity contribution is -0.141. The second-order valence-corrected chi connectivity index (χ2v) is 9.68. The van der Waals surface area contributed by atoms with Crippen molar-refractivity contribution < 1.29 is 28.6 Å². The highest BCUT2D eigenvalue weighted by Crippen LogP contribution is 2.27. The zero-order chi connectivity index (χ0) is 28.3. The van der Waals surface area contributed by atoms with Crippen molar-refractivity contribution in [3.63, 3.8) is 0 Å². The number of benzene rings is 3. The zero-order valence-electron chi connectivity index (χ0n) is 22.2. The molecule has 0 bridgehead atoms. The van der Waals surface area contributed by atoms with E-state index >= 15 is 0 Å². The molecule has 1 fully saturated rings. The maximum atomic E-state index is 13.0. The van der Waals surface area contributed by atoms with Crippen LogP contribution < -0.4 is 20.1 Å². The summed E-state index contributed by atoms with van der Waals surface area (Å²) in [6.45, 7) is 1.88. The van der Waals surface area contributed by atoms with Crippen molar-refractivity contribution in [3.05, 3.63) is 100 Å². The summed E-state index contributed by atoms with van der Waals surface area (Å²) in [4.78, 5) is 36.9. The smallest absolute Gasteiger partial charge is 0.302 e. The highest BCUT2D eigenvalue weighted by molar-refractivity contribution is 6.30. The van der Waals surface area contributed by atoms with E-state index in [1.54, 1.807) is 30.3 Å². The maximum Gasteiger partial charge on any atom is 0.302 e. The maximum absolute atomic E-state index is 13.0. The molecule has 0 heterocycles. The number of ether oxygens (including phenoxy) is 3. The molecule has 0 atom stereocenters. The average Bonchev–Trinajstić information content (AvgIpc) is 3.77. The van der Waals surface area contributed by atoms with Gasteiger partial charge >= 0.3 is 5.97 Å². The lowest BCUT2D eigenvalue weighted by Crippen LogP contribution is -2.36. The highest BCUT2D eigenvalue weighted by Gasteiger charge is 2.23. The number of hydrogen-bond donors (Lipinski definition) is 2. The normalized spacial score (nSPS) is 12.8. The van der Waals surface area contributed by atoms with Crippen LogP contribution in [0.15, 0.2) is 78.5 Å². The van der Waals surface area contributed by atoms with Gasteiger partial charge in [0.2, 0.25) is 0 Å². The average molecular weight is 563 g/mol. The quantitative estimate of drug-likeness (QED) is 0.173. The van der Waals surface area contributed by atoms with Crippen molar-refractivity contribution in [1.82, 2.24) is 10.6 Å². The Hall–Kier alpha value is -4.30. The Morgan fingerprint density at radius 3 is 2.23 bits per heavy atom. The van der Waals surface area contributed by atoms with Gasteiger partial charge in [0.15, 0.2) is 0 Å². The molecule has 0 saturated heterocycles. The Balaban J connectivity index is 1.37. The van der Waals surface area contributed by atoms with Crippen LogP contribution in [0.25, 0.3) is 6.08 Å². The first kappa shape index (κ1) is 28.7. The summed E-state index contributed by atoms with van der Waals surface area (Å²) in [5, 5.41) is 6.04. The molecule has 2 amide bonds. The minimum absolute atomic E-state index is 0.0228. The van der Waals surface area contributed by atoms with Crippen molar-refractivity contribution in [1.29, 1.82) is 0 Å². The molecule has 3 aromatic carbocycles. The third kappa shape index (κ3) is 9.47. The summed E-state index contributed by atoms with van der Waals surface area (Å²) in [7, 11) is 0. The zero-order valence-corrected chi connectivity index (χ0v) is 22.9. The van der Waals surface area contributed by atoms with Gasteiger partial charge in [-0.1, -0.05) is 35.9 Å². The molecule has 0 unspecified atom stereocenters. The predicted molar refractivity (Wildman–Crippen MR) is 152 cm³/mol. The molecule has 9 heteroatoms. The number of nitrogens with one attached hydrogen (secondary N) is 2. The number of carbonyl (C=O) groups is 3. The van der Waals surface area contributed by atoms with Crippen molar-refractivity contribution in [2.45, 2.75) is 32.3 Å². The number of rotatable bonds is 13. The van der Waals surface area contributed by atoms with Crippen molar-refractivity contribution >= 4 is 35.5 Å². The third-order valence-corrected chi connectivity index (χ3v) is 6.15. The van der Waals surface area contributed by atoms with Gasteiger partial charge in [0, 0.05) is 23.9 Å². The van der Waals surface area contributed by atoms with Crippen LogP contribution in [0.3, 0.4) is 0 Å². The SMILES string of the molecule is CC(=O)OCCNC(=O)/C(=C/c1ccc(OC2CC2)cc1)NC(=O)c1ccc(OCCc2ccc(Cl)cc2)cc1. The van der Waals surface area contributed by atoms with Crippen LogP contribution in [0.4, 0.5) is 0 Å². The fourth-order valence-electron chi connectivity index (χ4n) is 3.64. The Kier molecular flexibility index (Phi) is 10.2. The third-order valence-electron chi connectivity index (χ3n) is 5.89. The van der Waals surface area contributed by atoms with E-state index in [0.717, 1.165) is 24.2 Å². The van der Waals surface area contributed by atoms with Gasteiger partial charge in [0.25, 0.3) is 11.8 Å². The Morgan fingerprint density at radius 1 is 0.900 bits per heavy atom. The van der Waals surface area contributed by atoms with E-state index in [9.17, 15) is 14.4 Å². The second kappa shape index (κ2) is 14.2. The monoisotopic (exact) mass is 562 g/mol. The summed E-state index contributed by atoms with van der Waals surface area (Å²) in [5.41, 5.74) is 2.22. The summed E-state index contributed by atoms with van der Waals surface area (Å²) in [6.07, 6.45) is 4.69. The highest BCUT2D eigenvalue weighted by atomic mass is 35.5. The van der Waals surface area contributed by atoms with Crippen molar-refractivity contribution in [2.24, 2.45) is 0 Å². The second-order valence-electron chi connectivity index (χ2n) is 9.24. The van der Waals surface area contributed by atoms with E-state index in [-0.39, 0.29) is 25.0 Å². The number of amides is 2. The number of esters is 1. The minimum Gasteiger partial charge on any atom is -0.493 e. The van der Waals surface area contributed by atoms with Gasteiger partial charge < -0.3 is 24.8 Å². The summed E-state index contributed by atoms with van der Waals surface area (Å²) < 4.78 is 16.4. The molecule has 3 aromatic rings. The number of hydrogen-bond acceptors (Lipinski definition) is 6. The molecule has 40 heavy (non-hydrogen) atoms. The molecule has 1 saturated carbocycles. The molecular formula is C31H31ClN2O6. The largest absolute Gasteiger partial charge is 0.493 e. The van der Waals surface area contributed by atoms with Gasteiger partial charge in [-0.2, -0.15) is 0 Å². The first-order valence-electron chi connectivity index (χ1n) is 13.0. The van der Waals surface area contributed by atoms with Crippen LogP contribution in [0.5, 0.6) is 11.5 Å². The van der Waals surface area contributed by atoms with Crippen LogP contribution in [0.2, 0.25) is 5.02 Å². The molecule has 8 nitrogen and oxygen atoms in total. The van der Waals surface area contributed by atoms with E-state index in [1.807, 2.05) is 48.5 Å². The van der Waals surface area contributed by atoms with E-state index in [4.69, 9.17) is 25.8 Å². The summed E-state index contributed by atoms with van der Waals surface area (Å²) >= 11 is 5.92. The first-order valence-corrected chi connectivity index (χ1v) is 13.4. The topological polar surface area (TPSA) is 103 Å². The van der Waals surface area contributed by atoms with Crippen LogP contribution in [-0.4, -0.2) is 43.6 Å². The van der Waals surface area contributed by atoms with E-state index in [0.29, 0.717) is 34.9 Å². The van der Waals surface area contributed by atoms with Crippen LogP contribution in [0, 0.1) is 0 Å². The van der Waals surface area contributed by atoms with Gasteiger partial charge in [-0.25, -0.2) is 0 Å². The Morgan fingerprint density at radius 2 is 1.57 bits per heavy atom. The van der Waals surface area contributed by atoms with Crippen LogP contribution in [0.1, 0.15) is 41.3 Å². The number of halogens is 1. The molecule has 0 spiro atoms. The fourth-order valence-corrected chi connectivity index (χ4v) is 3.76.